The SMILES string of the molecule is CCOC(=O)Oc1ccc(C(=O)NCc2ccc(NC(=O)Cc3cccc(OC)c3)cc2)cc1. The van der Waals surface area contributed by atoms with E-state index in [1.165, 1.54) is 12.1 Å². The number of carbonyl (C=O) groups is 3. The molecule has 0 aliphatic rings. The molecule has 34 heavy (non-hydrogen) atoms. The van der Waals surface area contributed by atoms with Crippen molar-refractivity contribution in [2.75, 3.05) is 19.0 Å². The lowest BCUT2D eigenvalue weighted by atomic mass is 10.1. The molecule has 0 aromatic heterocycles. The van der Waals surface area contributed by atoms with Gasteiger partial charge >= 0.3 is 6.16 Å². The first kappa shape index (κ1) is 24.3. The van der Waals surface area contributed by atoms with E-state index in [4.69, 9.17) is 14.2 Å². The summed E-state index contributed by atoms with van der Waals surface area (Å²) >= 11 is 0. The summed E-state index contributed by atoms with van der Waals surface area (Å²) in [6.07, 6.45) is -0.557. The second-order valence-electron chi connectivity index (χ2n) is 7.27. The van der Waals surface area contributed by atoms with Gasteiger partial charge in [0, 0.05) is 17.8 Å². The van der Waals surface area contributed by atoms with Gasteiger partial charge in [-0.05, 0) is 66.6 Å². The molecule has 176 valence electrons. The van der Waals surface area contributed by atoms with Gasteiger partial charge in [0.15, 0.2) is 0 Å². The number of carbonyl (C=O) groups excluding carboxylic acids is 3. The van der Waals surface area contributed by atoms with E-state index in [9.17, 15) is 14.4 Å². The van der Waals surface area contributed by atoms with Gasteiger partial charge in [0.1, 0.15) is 11.5 Å². The molecule has 0 aliphatic carbocycles. The van der Waals surface area contributed by atoms with Crippen molar-refractivity contribution in [1.82, 2.24) is 5.32 Å². The van der Waals surface area contributed by atoms with Crippen LogP contribution in [0.3, 0.4) is 0 Å². The highest BCUT2D eigenvalue weighted by Gasteiger charge is 2.09. The number of anilines is 1. The van der Waals surface area contributed by atoms with Gasteiger partial charge in [0.25, 0.3) is 5.91 Å². The molecule has 2 N–H and O–H groups in total. The normalized spacial score (nSPS) is 10.2. The molecule has 3 aromatic rings. The zero-order valence-electron chi connectivity index (χ0n) is 19.0. The molecule has 0 bridgehead atoms. The van der Waals surface area contributed by atoms with E-state index in [2.05, 4.69) is 10.6 Å². The van der Waals surface area contributed by atoms with E-state index in [1.54, 1.807) is 38.3 Å². The second-order valence-corrected chi connectivity index (χ2v) is 7.27. The maximum Gasteiger partial charge on any atom is 0.513 e. The number of methoxy groups -OCH3 is 1. The van der Waals surface area contributed by atoms with Crippen molar-refractivity contribution < 1.29 is 28.6 Å². The number of ether oxygens (including phenoxy) is 3. The van der Waals surface area contributed by atoms with Crippen molar-refractivity contribution in [3.63, 3.8) is 0 Å². The van der Waals surface area contributed by atoms with E-state index in [0.717, 1.165) is 11.1 Å². The van der Waals surface area contributed by atoms with Crippen molar-refractivity contribution in [2.45, 2.75) is 19.9 Å². The second kappa shape index (κ2) is 12.1. The Morgan fingerprint density at radius 2 is 1.59 bits per heavy atom. The average Bonchev–Trinajstić information content (AvgIpc) is 2.84. The smallest absolute Gasteiger partial charge is 0.497 e. The lowest BCUT2D eigenvalue weighted by Gasteiger charge is -2.09. The Labute approximate surface area is 197 Å². The Morgan fingerprint density at radius 3 is 2.26 bits per heavy atom. The van der Waals surface area contributed by atoms with Crippen molar-refractivity contribution >= 4 is 23.7 Å². The molecule has 3 aromatic carbocycles. The zero-order valence-corrected chi connectivity index (χ0v) is 19.0. The van der Waals surface area contributed by atoms with Crippen LogP contribution in [0.4, 0.5) is 10.5 Å². The summed E-state index contributed by atoms with van der Waals surface area (Å²) in [7, 11) is 1.59. The van der Waals surface area contributed by atoms with E-state index >= 15 is 0 Å². The Bertz CT molecular complexity index is 1130. The number of nitrogens with one attached hydrogen (secondary N) is 2. The monoisotopic (exact) mass is 462 g/mol. The topological polar surface area (TPSA) is 103 Å². The van der Waals surface area contributed by atoms with Gasteiger partial charge in [-0.15, -0.1) is 0 Å². The first-order chi connectivity index (χ1) is 16.5. The van der Waals surface area contributed by atoms with Crippen molar-refractivity contribution in [3.05, 3.63) is 89.5 Å². The third-order valence-corrected chi connectivity index (χ3v) is 4.77. The molecule has 0 aliphatic heterocycles. The number of hydrogen-bond donors (Lipinski definition) is 2. The minimum absolute atomic E-state index is 0.135. The fraction of sp³-hybridized carbons (Fsp3) is 0.192. The van der Waals surface area contributed by atoms with E-state index in [1.807, 2.05) is 36.4 Å². The maximum absolute atomic E-state index is 12.4. The number of hydrogen-bond acceptors (Lipinski definition) is 6. The third-order valence-electron chi connectivity index (χ3n) is 4.77. The summed E-state index contributed by atoms with van der Waals surface area (Å²) in [5, 5.41) is 5.69. The average molecular weight is 463 g/mol. The third kappa shape index (κ3) is 7.37. The largest absolute Gasteiger partial charge is 0.513 e. The number of rotatable bonds is 9. The number of benzene rings is 3. The van der Waals surface area contributed by atoms with Crippen molar-refractivity contribution in [1.29, 1.82) is 0 Å². The minimum atomic E-state index is -0.792. The Hall–Kier alpha value is -4.33. The predicted octanol–water partition coefficient (Wildman–Crippen LogP) is 4.34. The first-order valence-electron chi connectivity index (χ1n) is 10.7. The standard InChI is InChI=1S/C26H26N2O6/c1-3-33-26(31)34-22-13-9-20(10-14-22)25(30)27-17-18-7-11-21(12-8-18)28-24(29)16-19-5-4-6-23(15-19)32-2/h4-15H,3,16-17H2,1-2H3,(H,27,30)(H,28,29). The van der Waals surface area contributed by atoms with Crippen LogP contribution in [0.1, 0.15) is 28.4 Å². The van der Waals surface area contributed by atoms with Gasteiger partial charge < -0.3 is 24.8 Å². The molecule has 0 unspecified atom stereocenters. The molecule has 0 heterocycles. The minimum Gasteiger partial charge on any atom is -0.497 e. The van der Waals surface area contributed by atoms with Crippen LogP contribution < -0.4 is 20.1 Å². The van der Waals surface area contributed by atoms with Crippen LogP contribution in [-0.4, -0.2) is 31.7 Å². The summed E-state index contributed by atoms with van der Waals surface area (Å²) in [6.45, 7) is 2.22. The van der Waals surface area contributed by atoms with Gasteiger partial charge in [-0.2, -0.15) is 0 Å². The molecular weight excluding hydrogens is 436 g/mol. The van der Waals surface area contributed by atoms with Crippen LogP contribution in [-0.2, 0) is 22.5 Å². The van der Waals surface area contributed by atoms with Crippen LogP contribution in [0.2, 0.25) is 0 Å². The lowest BCUT2D eigenvalue weighted by Crippen LogP contribution is -2.22. The van der Waals surface area contributed by atoms with Crippen molar-refractivity contribution in [3.8, 4) is 11.5 Å². The molecule has 0 atom stereocenters. The molecule has 8 nitrogen and oxygen atoms in total. The fourth-order valence-corrected chi connectivity index (χ4v) is 3.08. The zero-order chi connectivity index (χ0) is 24.3. The summed E-state index contributed by atoms with van der Waals surface area (Å²) in [5.41, 5.74) is 2.83. The highest BCUT2D eigenvalue weighted by molar-refractivity contribution is 5.94. The molecule has 8 heteroatoms. The van der Waals surface area contributed by atoms with E-state index in [0.29, 0.717) is 29.3 Å². The van der Waals surface area contributed by atoms with Crippen LogP contribution in [0.15, 0.2) is 72.8 Å². The quantitative estimate of drug-likeness (QED) is 0.362. The summed E-state index contributed by atoms with van der Waals surface area (Å²) in [6, 6.07) is 20.8. The highest BCUT2D eigenvalue weighted by atomic mass is 16.7. The van der Waals surface area contributed by atoms with Crippen molar-refractivity contribution in [2.24, 2.45) is 0 Å². The highest BCUT2D eigenvalue weighted by Crippen LogP contribution is 2.16. The Kier molecular flexibility index (Phi) is 8.62. The lowest BCUT2D eigenvalue weighted by molar-refractivity contribution is -0.115. The molecule has 2 amide bonds. The van der Waals surface area contributed by atoms with Crippen LogP contribution in [0.5, 0.6) is 11.5 Å². The van der Waals surface area contributed by atoms with E-state index < -0.39 is 6.16 Å². The Morgan fingerprint density at radius 1 is 0.853 bits per heavy atom. The first-order valence-corrected chi connectivity index (χ1v) is 10.7. The van der Waals surface area contributed by atoms with Gasteiger partial charge in [-0.1, -0.05) is 24.3 Å². The molecule has 0 saturated carbocycles. The van der Waals surface area contributed by atoms with Crippen LogP contribution in [0, 0.1) is 0 Å². The molecule has 0 radical (unpaired) electrons. The van der Waals surface area contributed by atoms with Gasteiger partial charge in [0.05, 0.1) is 20.1 Å². The Balaban J connectivity index is 1.47. The molecular formula is C26H26N2O6. The summed E-state index contributed by atoms with van der Waals surface area (Å²) in [5.74, 6) is 0.597. The van der Waals surface area contributed by atoms with Crippen LogP contribution in [0.25, 0.3) is 0 Å². The van der Waals surface area contributed by atoms with Gasteiger partial charge in [-0.3, -0.25) is 9.59 Å². The van der Waals surface area contributed by atoms with Crippen LogP contribution >= 0.6 is 0 Å². The molecule has 3 rings (SSSR count). The molecule has 0 saturated heterocycles. The summed E-state index contributed by atoms with van der Waals surface area (Å²) in [4.78, 5) is 36.0. The van der Waals surface area contributed by atoms with E-state index in [-0.39, 0.29) is 24.8 Å². The number of amides is 2. The fourth-order valence-electron chi connectivity index (χ4n) is 3.08. The summed E-state index contributed by atoms with van der Waals surface area (Å²) < 4.78 is 14.9. The van der Waals surface area contributed by atoms with Gasteiger partial charge in [0.2, 0.25) is 5.91 Å². The maximum atomic E-state index is 12.4. The molecule has 0 fully saturated rings. The van der Waals surface area contributed by atoms with Gasteiger partial charge in [-0.25, -0.2) is 4.79 Å². The predicted molar refractivity (Wildman–Crippen MR) is 127 cm³/mol. The molecule has 0 spiro atoms.